The van der Waals surface area contributed by atoms with Crippen molar-refractivity contribution < 1.29 is 24.2 Å². The van der Waals surface area contributed by atoms with Crippen molar-refractivity contribution in [3.63, 3.8) is 0 Å². The van der Waals surface area contributed by atoms with Gasteiger partial charge in [0.15, 0.2) is 0 Å². The van der Waals surface area contributed by atoms with Crippen LogP contribution < -0.4 is 4.90 Å². The molecule has 5 rings (SSSR count). The lowest BCUT2D eigenvalue weighted by Gasteiger charge is -2.41. The highest BCUT2D eigenvalue weighted by molar-refractivity contribution is 6.04. The SMILES string of the molecule is CC[C@@]12C=CCN(c3ccccc3)C(=O)[C@@H]1[C@H]1C(=O)N([C@@H](CO)CC(C)C)C3C(=O)N(C(C)C)CC=C[C@@]31O2. The first kappa shape index (κ1) is 27.6. The minimum Gasteiger partial charge on any atom is -0.394 e. The Balaban J connectivity index is 1.69. The molecule has 1 spiro atoms. The molecule has 4 heterocycles. The fourth-order valence-electron chi connectivity index (χ4n) is 7.24. The average Bonchev–Trinajstić information content (AvgIpc) is 3.20. The maximum absolute atomic E-state index is 14.6. The average molecular weight is 536 g/mol. The van der Waals surface area contributed by atoms with Crippen LogP contribution in [0.4, 0.5) is 5.69 Å². The number of amides is 3. The smallest absolute Gasteiger partial charge is 0.249 e. The molecule has 2 fully saturated rings. The molecule has 1 aromatic carbocycles. The van der Waals surface area contributed by atoms with Gasteiger partial charge in [-0.25, -0.2) is 0 Å². The standard InChI is InChI=1S/C31H41N3O5/c1-6-30-14-10-17-33(22-12-8-7-9-13-22)27(36)24(30)25-28(37)34(23(19-35)18-20(2)3)26-29(38)32(21(4)5)16-11-15-31(25,26)39-30/h7-15,20-21,23-26,35H,6,16-19H2,1-5H3/t23-,24+,25+,26?,30-,31+/m1/s1. The minimum atomic E-state index is -1.32. The summed E-state index contributed by atoms with van der Waals surface area (Å²) in [6, 6.07) is 7.85. The zero-order valence-corrected chi connectivity index (χ0v) is 23.6. The Bertz CT molecular complexity index is 1180. The summed E-state index contributed by atoms with van der Waals surface area (Å²) in [6.07, 6.45) is 8.70. The molecule has 4 aliphatic heterocycles. The van der Waals surface area contributed by atoms with Crippen LogP contribution in [-0.4, -0.2) is 81.7 Å². The summed E-state index contributed by atoms with van der Waals surface area (Å²) in [5, 5.41) is 10.5. The van der Waals surface area contributed by atoms with Gasteiger partial charge in [0, 0.05) is 24.8 Å². The Morgan fingerprint density at radius 3 is 2.26 bits per heavy atom. The van der Waals surface area contributed by atoms with Crippen LogP contribution in [0.3, 0.4) is 0 Å². The number of carbonyl (C=O) groups is 3. The number of likely N-dealkylation sites (tertiary alicyclic amines) is 1. The van der Waals surface area contributed by atoms with Crippen molar-refractivity contribution in [2.75, 3.05) is 24.6 Å². The van der Waals surface area contributed by atoms with Gasteiger partial charge in [-0.3, -0.25) is 14.4 Å². The largest absolute Gasteiger partial charge is 0.394 e. The molecule has 8 nitrogen and oxygen atoms in total. The number of anilines is 1. The predicted molar refractivity (Wildman–Crippen MR) is 149 cm³/mol. The summed E-state index contributed by atoms with van der Waals surface area (Å²) in [4.78, 5) is 48.5. The zero-order valence-electron chi connectivity index (χ0n) is 23.6. The monoisotopic (exact) mass is 535 g/mol. The molecule has 6 atom stereocenters. The van der Waals surface area contributed by atoms with E-state index in [9.17, 15) is 19.5 Å². The predicted octanol–water partition coefficient (Wildman–Crippen LogP) is 3.16. The van der Waals surface area contributed by atoms with Crippen molar-refractivity contribution >= 4 is 23.4 Å². The normalized spacial score (nSPS) is 33.0. The topological polar surface area (TPSA) is 90.4 Å². The zero-order chi connectivity index (χ0) is 28.1. The number of benzene rings is 1. The third kappa shape index (κ3) is 4.14. The highest BCUT2D eigenvalue weighted by Gasteiger charge is 2.76. The first-order valence-corrected chi connectivity index (χ1v) is 14.3. The molecule has 8 heteroatoms. The molecule has 39 heavy (non-hydrogen) atoms. The van der Waals surface area contributed by atoms with Gasteiger partial charge in [-0.2, -0.15) is 0 Å². The highest BCUT2D eigenvalue weighted by Crippen LogP contribution is 2.59. The Labute approximate surface area is 231 Å². The van der Waals surface area contributed by atoms with E-state index in [0.717, 1.165) is 5.69 Å². The fourth-order valence-corrected chi connectivity index (χ4v) is 7.24. The molecule has 0 radical (unpaired) electrons. The summed E-state index contributed by atoms with van der Waals surface area (Å²) in [5.74, 6) is -2.19. The number of fused-ring (bicyclic) bond motifs is 2. The fraction of sp³-hybridized carbons (Fsp3) is 0.581. The number of hydrogen-bond acceptors (Lipinski definition) is 5. The van der Waals surface area contributed by atoms with Gasteiger partial charge in [0.1, 0.15) is 11.6 Å². The molecule has 0 aromatic heterocycles. The lowest BCUT2D eigenvalue weighted by Crippen LogP contribution is -2.59. The second kappa shape index (κ2) is 10.2. The Kier molecular flexibility index (Phi) is 7.22. The third-order valence-electron chi connectivity index (χ3n) is 8.95. The van der Waals surface area contributed by atoms with E-state index < -0.39 is 35.1 Å². The third-order valence-corrected chi connectivity index (χ3v) is 8.95. The van der Waals surface area contributed by atoms with E-state index in [1.54, 1.807) is 14.7 Å². The molecule has 1 aromatic rings. The molecule has 210 valence electrons. The van der Waals surface area contributed by atoms with Crippen molar-refractivity contribution in [2.24, 2.45) is 17.8 Å². The van der Waals surface area contributed by atoms with Gasteiger partial charge >= 0.3 is 0 Å². The number of nitrogens with zero attached hydrogens (tertiary/aromatic N) is 3. The summed E-state index contributed by atoms with van der Waals surface area (Å²) >= 11 is 0. The van der Waals surface area contributed by atoms with Crippen LogP contribution in [0.5, 0.6) is 0 Å². The van der Waals surface area contributed by atoms with E-state index in [-0.39, 0.29) is 36.3 Å². The number of hydrogen-bond donors (Lipinski definition) is 1. The van der Waals surface area contributed by atoms with Gasteiger partial charge in [-0.1, -0.05) is 63.3 Å². The number of ether oxygens (including phenoxy) is 1. The summed E-state index contributed by atoms with van der Waals surface area (Å²) in [6.45, 7) is 10.4. The Morgan fingerprint density at radius 1 is 0.949 bits per heavy atom. The maximum atomic E-state index is 14.6. The lowest BCUT2D eigenvalue weighted by molar-refractivity contribution is -0.156. The van der Waals surface area contributed by atoms with Crippen LogP contribution in [0.2, 0.25) is 0 Å². The maximum Gasteiger partial charge on any atom is 0.249 e. The Morgan fingerprint density at radius 2 is 1.64 bits per heavy atom. The van der Waals surface area contributed by atoms with E-state index in [0.29, 0.717) is 25.9 Å². The summed E-state index contributed by atoms with van der Waals surface area (Å²) in [7, 11) is 0. The van der Waals surface area contributed by atoms with E-state index >= 15 is 0 Å². The van der Waals surface area contributed by atoms with Crippen molar-refractivity contribution in [2.45, 2.75) is 76.8 Å². The van der Waals surface area contributed by atoms with Gasteiger partial charge in [0.25, 0.3) is 0 Å². The van der Waals surface area contributed by atoms with Crippen LogP contribution in [0.1, 0.15) is 47.5 Å². The van der Waals surface area contributed by atoms with Gasteiger partial charge in [-0.15, -0.1) is 0 Å². The van der Waals surface area contributed by atoms with Crippen LogP contribution >= 0.6 is 0 Å². The molecule has 1 N–H and O–H groups in total. The van der Waals surface area contributed by atoms with Gasteiger partial charge in [0.2, 0.25) is 17.7 Å². The number of carbonyl (C=O) groups excluding carboxylic acids is 3. The number of rotatable bonds is 7. The minimum absolute atomic E-state index is 0.0897. The van der Waals surface area contributed by atoms with E-state index in [1.165, 1.54) is 0 Å². The van der Waals surface area contributed by atoms with Gasteiger partial charge in [0.05, 0.1) is 30.1 Å². The van der Waals surface area contributed by atoms with Crippen molar-refractivity contribution in [3.05, 3.63) is 54.6 Å². The molecule has 2 saturated heterocycles. The van der Waals surface area contributed by atoms with E-state index in [1.807, 2.05) is 89.3 Å². The molecule has 1 unspecified atom stereocenters. The van der Waals surface area contributed by atoms with E-state index in [4.69, 9.17) is 4.74 Å². The molecule has 0 saturated carbocycles. The van der Waals surface area contributed by atoms with Crippen LogP contribution in [-0.2, 0) is 19.1 Å². The molecular formula is C31H41N3O5. The van der Waals surface area contributed by atoms with Crippen molar-refractivity contribution in [3.8, 4) is 0 Å². The number of aliphatic hydroxyl groups is 1. The first-order valence-electron chi connectivity index (χ1n) is 14.3. The summed E-state index contributed by atoms with van der Waals surface area (Å²) in [5.41, 5.74) is -1.59. The highest BCUT2D eigenvalue weighted by atomic mass is 16.5. The van der Waals surface area contributed by atoms with Crippen LogP contribution in [0, 0.1) is 17.8 Å². The molecule has 0 aliphatic carbocycles. The van der Waals surface area contributed by atoms with E-state index in [2.05, 4.69) is 0 Å². The van der Waals surface area contributed by atoms with Crippen LogP contribution in [0.15, 0.2) is 54.6 Å². The molecule has 3 amide bonds. The lowest BCUT2D eigenvalue weighted by atomic mass is 9.73. The van der Waals surface area contributed by atoms with Gasteiger partial charge < -0.3 is 24.5 Å². The number of para-hydroxylation sites is 1. The summed E-state index contributed by atoms with van der Waals surface area (Å²) < 4.78 is 7.02. The number of aliphatic hydroxyl groups excluding tert-OH is 1. The quantitative estimate of drug-likeness (QED) is 0.542. The molecule has 0 bridgehead atoms. The molecular weight excluding hydrogens is 494 g/mol. The van der Waals surface area contributed by atoms with Gasteiger partial charge in [-0.05, 0) is 44.7 Å². The van der Waals surface area contributed by atoms with Crippen LogP contribution in [0.25, 0.3) is 0 Å². The van der Waals surface area contributed by atoms with Crippen molar-refractivity contribution in [1.82, 2.24) is 9.80 Å². The Hall–Kier alpha value is -2.97. The molecule has 4 aliphatic rings. The first-order chi connectivity index (χ1) is 18.6. The second-order valence-corrected chi connectivity index (χ2v) is 12.0. The van der Waals surface area contributed by atoms with Crippen molar-refractivity contribution in [1.29, 1.82) is 0 Å². The second-order valence-electron chi connectivity index (χ2n) is 12.0.